The van der Waals surface area contributed by atoms with E-state index in [2.05, 4.69) is 26.1 Å². The average molecular weight is 282 g/mol. The van der Waals surface area contributed by atoms with Gasteiger partial charge in [0.2, 0.25) is 11.8 Å². The number of nitrogens with zero attached hydrogens (tertiary/aromatic N) is 1. The van der Waals surface area contributed by atoms with Crippen LogP contribution in [0.3, 0.4) is 0 Å². The normalized spacial score (nSPS) is 22.1. The lowest BCUT2D eigenvalue weighted by Gasteiger charge is -2.37. The standard InChI is InChI=1S/C16H30N2O2/c1-6-12(4)11-13(5)18-10-9-14(19)17-16(7-2,8-3)15(18)20/h12-13H,6-11H2,1-5H3,(H,17,19). The van der Waals surface area contributed by atoms with E-state index in [0.29, 0.717) is 31.7 Å². The Kier molecular flexibility index (Phi) is 6.03. The highest BCUT2D eigenvalue weighted by Gasteiger charge is 2.42. The number of carbonyl (C=O) groups is 2. The second-order valence-electron chi connectivity index (χ2n) is 6.18. The van der Waals surface area contributed by atoms with E-state index in [1.165, 1.54) is 0 Å². The van der Waals surface area contributed by atoms with Crippen molar-refractivity contribution in [1.82, 2.24) is 10.2 Å². The Hall–Kier alpha value is -1.06. The molecule has 0 spiro atoms. The molecule has 1 saturated heterocycles. The zero-order chi connectivity index (χ0) is 15.3. The van der Waals surface area contributed by atoms with Gasteiger partial charge in [-0.15, -0.1) is 0 Å². The molecule has 0 aromatic rings. The second kappa shape index (κ2) is 7.09. The van der Waals surface area contributed by atoms with Crippen molar-refractivity contribution >= 4 is 11.8 Å². The number of nitrogens with one attached hydrogen (secondary N) is 1. The summed E-state index contributed by atoms with van der Waals surface area (Å²) in [6.07, 6.45) is 3.84. The van der Waals surface area contributed by atoms with Crippen LogP contribution >= 0.6 is 0 Å². The zero-order valence-electron chi connectivity index (χ0n) is 13.7. The van der Waals surface area contributed by atoms with E-state index in [4.69, 9.17) is 0 Å². The molecular formula is C16H30N2O2. The number of carbonyl (C=O) groups excluding carboxylic acids is 2. The van der Waals surface area contributed by atoms with Crippen LogP contribution in [0.15, 0.2) is 0 Å². The van der Waals surface area contributed by atoms with Crippen LogP contribution in [0.4, 0.5) is 0 Å². The monoisotopic (exact) mass is 282 g/mol. The molecule has 2 atom stereocenters. The second-order valence-corrected chi connectivity index (χ2v) is 6.18. The summed E-state index contributed by atoms with van der Waals surface area (Å²) in [6.45, 7) is 11.0. The first-order valence-electron chi connectivity index (χ1n) is 8.02. The van der Waals surface area contributed by atoms with Crippen LogP contribution in [-0.2, 0) is 9.59 Å². The van der Waals surface area contributed by atoms with Gasteiger partial charge in [0, 0.05) is 19.0 Å². The Morgan fingerprint density at radius 3 is 2.30 bits per heavy atom. The molecule has 4 heteroatoms. The summed E-state index contributed by atoms with van der Waals surface area (Å²) in [5.41, 5.74) is -0.697. The summed E-state index contributed by atoms with van der Waals surface area (Å²) in [4.78, 5) is 26.7. The maximum absolute atomic E-state index is 12.9. The van der Waals surface area contributed by atoms with E-state index in [1.807, 2.05) is 18.7 Å². The molecule has 2 amide bonds. The van der Waals surface area contributed by atoms with Crippen LogP contribution in [0.1, 0.15) is 66.7 Å². The highest BCUT2D eigenvalue weighted by atomic mass is 16.2. The zero-order valence-corrected chi connectivity index (χ0v) is 13.7. The fourth-order valence-corrected chi connectivity index (χ4v) is 3.01. The van der Waals surface area contributed by atoms with E-state index in [-0.39, 0.29) is 17.9 Å². The largest absolute Gasteiger partial charge is 0.342 e. The van der Waals surface area contributed by atoms with E-state index < -0.39 is 5.54 Å². The van der Waals surface area contributed by atoms with E-state index in [0.717, 1.165) is 12.8 Å². The maximum atomic E-state index is 12.9. The molecule has 1 rings (SSSR count). The molecular weight excluding hydrogens is 252 g/mol. The van der Waals surface area contributed by atoms with Crippen molar-refractivity contribution in [3.8, 4) is 0 Å². The van der Waals surface area contributed by atoms with Gasteiger partial charge in [-0.1, -0.05) is 34.1 Å². The summed E-state index contributed by atoms with van der Waals surface area (Å²) in [5, 5.41) is 2.96. The summed E-state index contributed by atoms with van der Waals surface area (Å²) in [5.74, 6) is 0.701. The Bertz CT molecular complexity index is 350. The lowest BCUT2D eigenvalue weighted by atomic mass is 9.90. The Balaban J connectivity index is 2.95. The molecule has 0 aromatic carbocycles. The van der Waals surface area contributed by atoms with E-state index in [1.54, 1.807) is 0 Å². The maximum Gasteiger partial charge on any atom is 0.248 e. The first kappa shape index (κ1) is 17.0. The minimum absolute atomic E-state index is 0.000269. The third-order valence-corrected chi connectivity index (χ3v) is 4.81. The molecule has 0 aliphatic carbocycles. The van der Waals surface area contributed by atoms with Crippen LogP contribution in [0.2, 0.25) is 0 Å². The predicted molar refractivity (Wildman–Crippen MR) is 81.3 cm³/mol. The minimum Gasteiger partial charge on any atom is -0.342 e. The molecule has 4 nitrogen and oxygen atoms in total. The molecule has 1 heterocycles. The molecule has 2 unspecified atom stereocenters. The van der Waals surface area contributed by atoms with Gasteiger partial charge in [-0.2, -0.15) is 0 Å². The van der Waals surface area contributed by atoms with Gasteiger partial charge >= 0.3 is 0 Å². The number of hydrogen-bond donors (Lipinski definition) is 1. The fraction of sp³-hybridized carbons (Fsp3) is 0.875. The van der Waals surface area contributed by atoms with Crippen molar-refractivity contribution in [3.63, 3.8) is 0 Å². The fourth-order valence-electron chi connectivity index (χ4n) is 3.01. The lowest BCUT2D eigenvalue weighted by Crippen LogP contribution is -2.58. The molecule has 1 aliphatic rings. The van der Waals surface area contributed by atoms with Crippen molar-refractivity contribution in [2.45, 2.75) is 78.3 Å². The summed E-state index contributed by atoms with van der Waals surface area (Å²) >= 11 is 0. The molecule has 0 aromatic heterocycles. The first-order chi connectivity index (χ1) is 9.40. The van der Waals surface area contributed by atoms with Crippen LogP contribution in [0.5, 0.6) is 0 Å². The molecule has 116 valence electrons. The first-order valence-corrected chi connectivity index (χ1v) is 8.02. The Labute approximate surface area is 123 Å². The molecule has 0 bridgehead atoms. The highest BCUT2D eigenvalue weighted by molar-refractivity contribution is 5.93. The molecule has 20 heavy (non-hydrogen) atoms. The Morgan fingerprint density at radius 1 is 1.20 bits per heavy atom. The van der Waals surface area contributed by atoms with Crippen molar-refractivity contribution in [3.05, 3.63) is 0 Å². The summed E-state index contributed by atoms with van der Waals surface area (Å²) in [6, 6.07) is 0.197. The van der Waals surface area contributed by atoms with Gasteiger partial charge in [-0.25, -0.2) is 0 Å². The third-order valence-electron chi connectivity index (χ3n) is 4.81. The van der Waals surface area contributed by atoms with Gasteiger partial charge in [0.25, 0.3) is 0 Å². The molecule has 1 fully saturated rings. The van der Waals surface area contributed by atoms with E-state index in [9.17, 15) is 9.59 Å². The SMILES string of the molecule is CCC(C)CC(C)N1CCC(=O)NC(CC)(CC)C1=O. The Morgan fingerprint density at radius 2 is 1.80 bits per heavy atom. The van der Waals surface area contributed by atoms with Gasteiger partial charge in [-0.3, -0.25) is 9.59 Å². The van der Waals surface area contributed by atoms with Crippen LogP contribution in [-0.4, -0.2) is 34.8 Å². The predicted octanol–water partition coefficient (Wildman–Crippen LogP) is 2.72. The van der Waals surface area contributed by atoms with Gasteiger partial charge < -0.3 is 10.2 Å². The van der Waals surface area contributed by atoms with Gasteiger partial charge in [0.15, 0.2) is 0 Å². The van der Waals surface area contributed by atoms with Gasteiger partial charge in [0.05, 0.1) is 0 Å². The van der Waals surface area contributed by atoms with Crippen LogP contribution < -0.4 is 5.32 Å². The van der Waals surface area contributed by atoms with Crippen LogP contribution in [0, 0.1) is 5.92 Å². The topological polar surface area (TPSA) is 49.4 Å². The third kappa shape index (κ3) is 3.53. The molecule has 0 radical (unpaired) electrons. The lowest BCUT2D eigenvalue weighted by molar-refractivity contribution is -0.141. The van der Waals surface area contributed by atoms with Crippen molar-refractivity contribution in [2.75, 3.05) is 6.54 Å². The molecule has 0 saturated carbocycles. The molecule has 1 N–H and O–H groups in total. The number of amides is 2. The highest BCUT2D eigenvalue weighted by Crippen LogP contribution is 2.25. The van der Waals surface area contributed by atoms with Crippen molar-refractivity contribution in [1.29, 1.82) is 0 Å². The van der Waals surface area contributed by atoms with Gasteiger partial charge in [0.1, 0.15) is 5.54 Å². The van der Waals surface area contributed by atoms with Crippen LogP contribution in [0.25, 0.3) is 0 Å². The van der Waals surface area contributed by atoms with Crippen molar-refractivity contribution < 1.29 is 9.59 Å². The van der Waals surface area contributed by atoms with E-state index >= 15 is 0 Å². The van der Waals surface area contributed by atoms with Crippen molar-refractivity contribution in [2.24, 2.45) is 5.92 Å². The quantitative estimate of drug-likeness (QED) is 0.814. The number of hydrogen-bond acceptors (Lipinski definition) is 2. The summed E-state index contributed by atoms with van der Waals surface area (Å²) < 4.78 is 0. The average Bonchev–Trinajstić information content (AvgIpc) is 2.56. The minimum atomic E-state index is -0.697. The molecule has 1 aliphatic heterocycles. The van der Waals surface area contributed by atoms with Gasteiger partial charge in [-0.05, 0) is 32.1 Å². The number of rotatable bonds is 6. The summed E-state index contributed by atoms with van der Waals surface area (Å²) in [7, 11) is 0. The smallest absolute Gasteiger partial charge is 0.248 e.